The Hall–Kier alpha value is -1.84. The fraction of sp³-hybridized carbons (Fsp3) is 0.562. The number of hydrogen-bond donors (Lipinski definition) is 3. The van der Waals surface area contributed by atoms with Gasteiger partial charge in [0.25, 0.3) is 10.2 Å². The van der Waals surface area contributed by atoms with Gasteiger partial charge in [-0.25, -0.2) is 9.86 Å². The molecule has 0 aliphatic heterocycles. The third-order valence-electron chi connectivity index (χ3n) is 4.44. The molecule has 0 radical (unpaired) electrons. The van der Waals surface area contributed by atoms with Gasteiger partial charge in [-0.2, -0.15) is 8.42 Å². The van der Waals surface area contributed by atoms with Gasteiger partial charge in [-0.05, 0) is 43.7 Å². The monoisotopic (exact) mass is 371 g/mol. The normalized spacial score (nSPS) is 20.8. The molecule has 0 atom stereocenters. The van der Waals surface area contributed by atoms with Crippen molar-refractivity contribution < 1.29 is 22.7 Å². The average Bonchev–Trinajstić information content (AvgIpc) is 2.59. The van der Waals surface area contributed by atoms with Crippen LogP contribution in [0.5, 0.6) is 11.5 Å². The third kappa shape index (κ3) is 5.87. The number of benzene rings is 1. The van der Waals surface area contributed by atoms with Crippen molar-refractivity contribution in [2.45, 2.75) is 25.7 Å². The standard InChI is InChI=1S/C16H25N3O5S/c1-23-14-8-7-13(9-15(14)24-2)19-16(20)12-5-3-11(4-6-12)10-18-25(17,21)22/h7-9,11-12,18H,3-6,10H2,1-2H3,(H,19,20)(H2,17,21,22). The Kier molecular flexibility index (Phi) is 6.63. The van der Waals surface area contributed by atoms with Crippen LogP contribution in [0.4, 0.5) is 5.69 Å². The number of anilines is 1. The third-order valence-corrected chi connectivity index (χ3v) is 5.01. The fourth-order valence-corrected chi connectivity index (χ4v) is 3.49. The lowest BCUT2D eigenvalue weighted by molar-refractivity contribution is -0.121. The van der Waals surface area contributed by atoms with Crippen molar-refractivity contribution in [3.8, 4) is 11.5 Å². The summed E-state index contributed by atoms with van der Waals surface area (Å²) in [6, 6.07) is 5.23. The van der Waals surface area contributed by atoms with Crippen LogP contribution in [0.15, 0.2) is 18.2 Å². The van der Waals surface area contributed by atoms with Crippen LogP contribution in [0, 0.1) is 11.8 Å². The van der Waals surface area contributed by atoms with Crippen LogP contribution in [0.3, 0.4) is 0 Å². The SMILES string of the molecule is COc1ccc(NC(=O)C2CCC(CNS(N)(=O)=O)CC2)cc1OC. The second-order valence-corrected chi connectivity index (χ2v) is 7.55. The molecule has 0 bridgehead atoms. The van der Waals surface area contributed by atoms with E-state index < -0.39 is 10.2 Å². The highest BCUT2D eigenvalue weighted by molar-refractivity contribution is 7.87. The van der Waals surface area contributed by atoms with Crippen LogP contribution in [0.1, 0.15) is 25.7 Å². The van der Waals surface area contributed by atoms with Gasteiger partial charge < -0.3 is 14.8 Å². The van der Waals surface area contributed by atoms with Crippen molar-refractivity contribution in [3.05, 3.63) is 18.2 Å². The number of nitrogens with two attached hydrogens (primary N) is 1. The number of ether oxygens (including phenoxy) is 2. The van der Waals surface area contributed by atoms with Gasteiger partial charge in [0.15, 0.2) is 11.5 Å². The Morgan fingerprint density at radius 2 is 1.80 bits per heavy atom. The number of carbonyl (C=O) groups excluding carboxylic acids is 1. The van der Waals surface area contributed by atoms with Crippen molar-refractivity contribution >= 4 is 21.8 Å². The Morgan fingerprint density at radius 1 is 1.16 bits per heavy atom. The van der Waals surface area contributed by atoms with E-state index in [4.69, 9.17) is 14.6 Å². The highest BCUT2D eigenvalue weighted by Crippen LogP contribution is 2.32. The Bertz CT molecular complexity index is 700. The van der Waals surface area contributed by atoms with Gasteiger partial charge in [-0.1, -0.05) is 0 Å². The molecule has 0 heterocycles. The minimum absolute atomic E-state index is 0.0370. The number of hydrogen-bond acceptors (Lipinski definition) is 5. The van der Waals surface area contributed by atoms with Crippen LogP contribution in [0.2, 0.25) is 0 Å². The molecule has 8 nitrogen and oxygen atoms in total. The van der Waals surface area contributed by atoms with E-state index in [2.05, 4.69) is 10.0 Å². The second-order valence-electron chi connectivity index (χ2n) is 6.17. The molecule has 0 aromatic heterocycles. The molecule has 4 N–H and O–H groups in total. The van der Waals surface area contributed by atoms with Crippen LogP contribution in [-0.4, -0.2) is 35.1 Å². The summed E-state index contributed by atoms with van der Waals surface area (Å²) in [6.07, 6.45) is 3.01. The van der Waals surface area contributed by atoms with E-state index in [1.807, 2.05) is 0 Å². The first-order valence-corrected chi connectivity index (χ1v) is 9.67. The van der Waals surface area contributed by atoms with E-state index in [1.54, 1.807) is 32.4 Å². The summed E-state index contributed by atoms with van der Waals surface area (Å²) < 4.78 is 34.6. The first kappa shape index (κ1) is 19.5. The predicted octanol–water partition coefficient (Wildman–Crippen LogP) is 1.24. The molecule has 0 spiro atoms. The zero-order chi connectivity index (χ0) is 18.4. The van der Waals surface area contributed by atoms with Crippen LogP contribution < -0.4 is 24.7 Å². The maximum absolute atomic E-state index is 12.4. The van der Waals surface area contributed by atoms with E-state index in [9.17, 15) is 13.2 Å². The maximum Gasteiger partial charge on any atom is 0.274 e. The van der Waals surface area contributed by atoms with Gasteiger partial charge in [0.2, 0.25) is 5.91 Å². The summed E-state index contributed by atoms with van der Waals surface area (Å²) in [4.78, 5) is 12.4. The molecule has 140 valence electrons. The zero-order valence-corrected chi connectivity index (χ0v) is 15.3. The molecular weight excluding hydrogens is 346 g/mol. The van der Waals surface area contributed by atoms with Gasteiger partial charge in [-0.15, -0.1) is 0 Å². The van der Waals surface area contributed by atoms with Crippen molar-refractivity contribution in [1.82, 2.24) is 4.72 Å². The number of rotatable bonds is 7. The van der Waals surface area contributed by atoms with Gasteiger partial charge in [0.05, 0.1) is 14.2 Å². The summed E-state index contributed by atoms with van der Waals surface area (Å²) >= 11 is 0. The second kappa shape index (κ2) is 8.50. The maximum atomic E-state index is 12.4. The number of amides is 1. The topological polar surface area (TPSA) is 120 Å². The van der Waals surface area contributed by atoms with E-state index in [1.165, 1.54) is 0 Å². The van der Waals surface area contributed by atoms with E-state index >= 15 is 0 Å². The lowest BCUT2D eigenvalue weighted by Crippen LogP contribution is -2.36. The summed E-state index contributed by atoms with van der Waals surface area (Å²) in [5.74, 6) is 1.24. The van der Waals surface area contributed by atoms with Gasteiger partial charge in [0, 0.05) is 24.2 Å². The molecule has 2 rings (SSSR count). The van der Waals surface area contributed by atoms with Crippen molar-refractivity contribution in [1.29, 1.82) is 0 Å². The largest absolute Gasteiger partial charge is 0.493 e. The quantitative estimate of drug-likeness (QED) is 0.666. The van der Waals surface area contributed by atoms with Crippen molar-refractivity contribution in [2.75, 3.05) is 26.1 Å². The number of methoxy groups -OCH3 is 2. The molecule has 1 aromatic rings. The van der Waals surface area contributed by atoms with Gasteiger partial charge in [-0.3, -0.25) is 4.79 Å². The Balaban J connectivity index is 1.86. The number of carbonyl (C=O) groups is 1. The molecule has 25 heavy (non-hydrogen) atoms. The first-order chi connectivity index (χ1) is 11.8. The molecule has 0 unspecified atom stereocenters. The smallest absolute Gasteiger partial charge is 0.274 e. The Morgan fingerprint density at radius 3 is 2.36 bits per heavy atom. The van der Waals surface area contributed by atoms with Crippen LogP contribution >= 0.6 is 0 Å². The highest BCUT2D eigenvalue weighted by atomic mass is 32.2. The molecule has 1 aromatic carbocycles. The van der Waals surface area contributed by atoms with E-state index in [-0.39, 0.29) is 17.7 Å². The van der Waals surface area contributed by atoms with Crippen molar-refractivity contribution in [2.24, 2.45) is 17.0 Å². The lowest BCUT2D eigenvalue weighted by Gasteiger charge is -2.27. The lowest BCUT2D eigenvalue weighted by atomic mass is 9.81. The summed E-state index contributed by atoms with van der Waals surface area (Å²) in [5, 5.41) is 7.84. The van der Waals surface area contributed by atoms with E-state index in [0.29, 0.717) is 23.7 Å². The van der Waals surface area contributed by atoms with Crippen LogP contribution in [0.25, 0.3) is 0 Å². The Labute approximate surface area is 148 Å². The minimum atomic E-state index is -3.66. The van der Waals surface area contributed by atoms with Gasteiger partial charge >= 0.3 is 0 Å². The van der Waals surface area contributed by atoms with Crippen molar-refractivity contribution in [3.63, 3.8) is 0 Å². The molecule has 1 aliphatic rings. The predicted molar refractivity (Wildman–Crippen MR) is 94.7 cm³/mol. The molecule has 1 saturated carbocycles. The fourth-order valence-electron chi connectivity index (χ4n) is 3.02. The highest BCUT2D eigenvalue weighted by Gasteiger charge is 2.27. The molecule has 0 saturated heterocycles. The average molecular weight is 371 g/mol. The molecule has 1 amide bonds. The molecular formula is C16H25N3O5S. The van der Waals surface area contributed by atoms with E-state index in [0.717, 1.165) is 25.7 Å². The van der Waals surface area contributed by atoms with Gasteiger partial charge in [0.1, 0.15) is 0 Å². The van der Waals surface area contributed by atoms with Crippen LogP contribution in [-0.2, 0) is 15.0 Å². The summed E-state index contributed by atoms with van der Waals surface area (Å²) in [7, 11) is -0.561. The first-order valence-electron chi connectivity index (χ1n) is 8.12. The molecule has 1 fully saturated rings. The zero-order valence-electron chi connectivity index (χ0n) is 14.4. The molecule has 1 aliphatic carbocycles. The number of nitrogens with one attached hydrogen (secondary N) is 2. The summed E-state index contributed by atoms with van der Waals surface area (Å²) in [6.45, 7) is 0.322. The summed E-state index contributed by atoms with van der Waals surface area (Å²) in [5.41, 5.74) is 0.653. The minimum Gasteiger partial charge on any atom is -0.493 e. The molecule has 9 heteroatoms.